The van der Waals surface area contributed by atoms with Gasteiger partial charge in [0.1, 0.15) is 17.2 Å². The molecule has 0 radical (unpaired) electrons. The van der Waals surface area contributed by atoms with E-state index in [4.69, 9.17) is 4.74 Å². The predicted octanol–water partition coefficient (Wildman–Crippen LogP) is 8.27. The monoisotopic (exact) mass is 549 g/mol. The summed E-state index contributed by atoms with van der Waals surface area (Å²) in [6.07, 6.45) is -7.20. The summed E-state index contributed by atoms with van der Waals surface area (Å²) < 4.78 is 102. The first kappa shape index (κ1) is 27.2. The quantitative estimate of drug-likeness (QED) is 0.247. The Labute approximate surface area is 221 Å². The summed E-state index contributed by atoms with van der Waals surface area (Å²) in [5, 5.41) is 3.63. The van der Waals surface area contributed by atoms with Gasteiger partial charge in [-0.05, 0) is 67.1 Å². The average Bonchev–Trinajstić information content (AvgIpc) is 3.27. The van der Waals surface area contributed by atoms with Gasteiger partial charge < -0.3 is 10.1 Å². The Hall–Kier alpha value is -3.33. The van der Waals surface area contributed by atoms with E-state index in [1.165, 1.54) is 12.1 Å². The van der Waals surface area contributed by atoms with Gasteiger partial charge in [0, 0.05) is 18.0 Å². The van der Waals surface area contributed by atoms with E-state index in [1.807, 2.05) is 30.3 Å². The smallest absolute Gasteiger partial charge is 0.416 e. The molecule has 39 heavy (non-hydrogen) atoms. The molecule has 0 aromatic heterocycles. The molecule has 3 aromatic carbocycles. The van der Waals surface area contributed by atoms with Crippen LogP contribution in [0.25, 0.3) is 5.76 Å². The third kappa shape index (κ3) is 5.16. The van der Waals surface area contributed by atoms with E-state index in [0.29, 0.717) is 37.8 Å². The van der Waals surface area contributed by atoms with E-state index >= 15 is 0 Å². The Morgan fingerprint density at radius 2 is 1.44 bits per heavy atom. The minimum atomic E-state index is -5.00. The topological polar surface area (TPSA) is 21.3 Å². The average molecular weight is 550 g/mol. The number of hydrogen-bond acceptors (Lipinski definition) is 2. The third-order valence-electron chi connectivity index (χ3n) is 7.89. The highest BCUT2D eigenvalue weighted by atomic mass is 19.4. The molecule has 206 valence electrons. The first-order valence-corrected chi connectivity index (χ1v) is 12.6. The molecule has 0 unspecified atom stereocenters. The van der Waals surface area contributed by atoms with E-state index in [-0.39, 0.29) is 17.9 Å². The highest BCUT2D eigenvalue weighted by Gasteiger charge is 2.60. The standard InChI is InChI=1S/C30H26F7NO/c1-19(21-15-23(29(32,33)34)17-24(16-21)30(35,36)37)39-27(18-20-5-3-2-4-6-20)13-11-26-12-14-28(27,38-26)22-7-9-25(31)10-8-22/h2-10,15-17,26,38H,1,11-14,18H2/t26-,27+,28+/m0/s1. The first-order valence-electron chi connectivity index (χ1n) is 12.6. The maximum absolute atomic E-state index is 13.9. The molecule has 2 heterocycles. The number of halogens is 7. The van der Waals surface area contributed by atoms with Gasteiger partial charge in [-0.1, -0.05) is 49.0 Å². The van der Waals surface area contributed by atoms with Gasteiger partial charge in [0.15, 0.2) is 0 Å². The summed E-state index contributed by atoms with van der Waals surface area (Å²) in [7, 11) is 0. The number of rotatable bonds is 6. The zero-order valence-electron chi connectivity index (χ0n) is 20.8. The molecular formula is C30H26F7NO. The van der Waals surface area contributed by atoms with Crippen LogP contribution in [0.5, 0.6) is 0 Å². The maximum Gasteiger partial charge on any atom is 0.416 e. The fourth-order valence-corrected chi connectivity index (χ4v) is 6.06. The van der Waals surface area contributed by atoms with E-state index in [0.717, 1.165) is 17.5 Å². The van der Waals surface area contributed by atoms with Crippen molar-refractivity contribution in [3.8, 4) is 0 Å². The molecule has 0 spiro atoms. The van der Waals surface area contributed by atoms with Crippen LogP contribution in [0.2, 0.25) is 0 Å². The minimum Gasteiger partial charge on any atom is -0.485 e. The molecule has 3 atom stereocenters. The van der Waals surface area contributed by atoms with Crippen LogP contribution in [0.4, 0.5) is 30.7 Å². The predicted molar refractivity (Wildman–Crippen MR) is 133 cm³/mol. The highest BCUT2D eigenvalue weighted by Crippen LogP contribution is 2.54. The van der Waals surface area contributed by atoms with Gasteiger partial charge in [-0.2, -0.15) is 26.3 Å². The second-order valence-corrected chi connectivity index (χ2v) is 10.3. The van der Waals surface area contributed by atoms with Crippen molar-refractivity contribution in [3.63, 3.8) is 0 Å². The lowest BCUT2D eigenvalue weighted by atomic mass is 9.67. The Morgan fingerprint density at radius 3 is 2.03 bits per heavy atom. The van der Waals surface area contributed by atoms with Gasteiger partial charge in [0.25, 0.3) is 0 Å². The molecule has 3 aromatic rings. The summed E-state index contributed by atoms with van der Waals surface area (Å²) in [6, 6.07) is 16.8. The lowest BCUT2D eigenvalue weighted by Gasteiger charge is -2.52. The van der Waals surface area contributed by atoms with Crippen molar-refractivity contribution in [2.24, 2.45) is 0 Å². The van der Waals surface area contributed by atoms with Crippen LogP contribution in [0.3, 0.4) is 0 Å². The Kier molecular flexibility index (Phi) is 6.77. The van der Waals surface area contributed by atoms with Crippen molar-refractivity contribution in [1.29, 1.82) is 0 Å². The SMILES string of the molecule is C=C(O[C@@]1(Cc2ccccc2)CC[C@H]2CC[C@]1(c1ccc(F)cc1)N2)c1cc(C(F)(F)F)cc(C(F)(F)F)c1. The number of fused-ring (bicyclic) bond motifs is 2. The number of hydrogen-bond donors (Lipinski definition) is 1. The summed E-state index contributed by atoms with van der Waals surface area (Å²) >= 11 is 0. The zero-order valence-corrected chi connectivity index (χ0v) is 20.8. The molecule has 5 rings (SSSR count). The fourth-order valence-electron chi connectivity index (χ4n) is 6.06. The highest BCUT2D eigenvalue weighted by molar-refractivity contribution is 5.61. The van der Waals surface area contributed by atoms with Crippen molar-refractivity contribution in [3.05, 3.63) is 113 Å². The van der Waals surface area contributed by atoms with Crippen LogP contribution >= 0.6 is 0 Å². The van der Waals surface area contributed by atoms with Gasteiger partial charge in [-0.25, -0.2) is 4.39 Å². The fraction of sp³-hybridized carbons (Fsp3) is 0.333. The summed E-state index contributed by atoms with van der Waals surface area (Å²) in [4.78, 5) is 0. The van der Waals surface area contributed by atoms with Gasteiger partial charge in [-0.3, -0.25) is 0 Å². The molecule has 2 aliphatic rings. The van der Waals surface area contributed by atoms with E-state index < -0.39 is 46.0 Å². The molecule has 2 aliphatic heterocycles. The summed E-state index contributed by atoms with van der Waals surface area (Å²) in [5.41, 5.74) is -3.69. The molecule has 1 N–H and O–H groups in total. The molecule has 0 saturated carbocycles. The van der Waals surface area contributed by atoms with E-state index in [1.54, 1.807) is 12.1 Å². The van der Waals surface area contributed by atoms with Crippen LogP contribution in [0.15, 0.2) is 79.4 Å². The van der Waals surface area contributed by atoms with Crippen molar-refractivity contribution in [1.82, 2.24) is 5.32 Å². The Morgan fingerprint density at radius 1 is 0.846 bits per heavy atom. The second-order valence-electron chi connectivity index (χ2n) is 10.3. The van der Waals surface area contributed by atoms with Gasteiger partial charge in [0.05, 0.1) is 16.7 Å². The van der Waals surface area contributed by atoms with Crippen molar-refractivity contribution in [2.45, 2.75) is 61.6 Å². The van der Waals surface area contributed by atoms with Gasteiger partial charge in [-0.15, -0.1) is 0 Å². The van der Waals surface area contributed by atoms with Crippen molar-refractivity contribution in [2.75, 3.05) is 0 Å². The lowest BCUT2D eigenvalue weighted by molar-refractivity contribution is -0.143. The van der Waals surface area contributed by atoms with Crippen LogP contribution in [0.1, 0.15) is 53.5 Å². The van der Waals surface area contributed by atoms with Crippen LogP contribution in [-0.2, 0) is 29.0 Å². The van der Waals surface area contributed by atoms with Gasteiger partial charge in [0.2, 0.25) is 0 Å². The number of alkyl halides is 6. The maximum atomic E-state index is 13.9. The molecule has 0 amide bonds. The molecule has 9 heteroatoms. The number of benzene rings is 3. The lowest BCUT2D eigenvalue weighted by Crippen LogP contribution is -2.64. The largest absolute Gasteiger partial charge is 0.485 e. The summed E-state index contributed by atoms with van der Waals surface area (Å²) in [5.74, 6) is -0.723. The van der Waals surface area contributed by atoms with E-state index in [2.05, 4.69) is 11.9 Å². The normalized spacial score (nSPS) is 24.9. The molecule has 2 bridgehead atoms. The molecular weight excluding hydrogens is 523 g/mol. The molecule has 2 nitrogen and oxygen atoms in total. The Bertz CT molecular complexity index is 1320. The Balaban J connectivity index is 1.63. The molecule has 2 saturated heterocycles. The van der Waals surface area contributed by atoms with Crippen LogP contribution in [-0.4, -0.2) is 11.6 Å². The van der Waals surface area contributed by atoms with Gasteiger partial charge >= 0.3 is 12.4 Å². The minimum absolute atomic E-state index is 0.0836. The van der Waals surface area contributed by atoms with Crippen molar-refractivity contribution >= 4 is 5.76 Å². The second kappa shape index (κ2) is 9.70. The number of piperidine rings is 1. The van der Waals surface area contributed by atoms with E-state index in [9.17, 15) is 30.7 Å². The molecule has 2 fully saturated rings. The molecule has 0 aliphatic carbocycles. The van der Waals surface area contributed by atoms with Crippen LogP contribution in [0, 0.1) is 5.82 Å². The third-order valence-corrected chi connectivity index (χ3v) is 7.89. The summed E-state index contributed by atoms with van der Waals surface area (Å²) in [6.45, 7) is 3.83. The van der Waals surface area contributed by atoms with Crippen LogP contribution < -0.4 is 5.32 Å². The first-order chi connectivity index (χ1) is 18.3. The zero-order chi connectivity index (χ0) is 28.1. The number of nitrogens with one attached hydrogen (secondary N) is 1. The van der Waals surface area contributed by atoms with Crippen molar-refractivity contribution < 1.29 is 35.5 Å². The number of ether oxygens (including phenoxy) is 1.